The van der Waals surface area contributed by atoms with Crippen molar-refractivity contribution in [2.45, 2.75) is 56.9 Å². The lowest BCUT2D eigenvalue weighted by atomic mass is 9.89. The summed E-state index contributed by atoms with van der Waals surface area (Å²) in [5.74, 6) is 1.98. The van der Waals surface area contributed by atoms with Crippen LogP contribution in [0.2, 0.25) is 0 Å². The quantitative estimate of drug-likeness (QED) is 0.592. The van der Waals surface area contributed by atoms with E-state index in [0.29, 0.717) is 11.8 Å². The Balaban J connectivity index is 1.88. The molecule has 2 aliphatic rings. The van der Waals surface area contributed by atoms with Gasteiger partial charge in [0, 0.05) is 0 Å². The molecule has 2 saturated carbocycles. The van der Waals surface area contributed by atoms with Crippen LogP contribution in [-0.2, 0) is 4.74 Å². The van der Waals surface area contributed by atoms with E-state index in [1.54, 1.807) is 6.92 Å². The lowest BCUT2D eigenvalue weighted by Gasteiger charge is -2.31. The molecule has 2 nitrogen and oxygen atoms in total. The number of rotatable bonds is 4. The molecule has 2 aliphatic carbocycles. The third-order valence-electron chi connectivity index (χ3n) is 4.32. The number of ether oxygens (including phenoxy) is 1. The Kier molecular flexibility index (Phi) is 3.53. The van der Waals surface area contributed by atoms with Crippen molar-refractivity contribution >= 4 is 12.6 Å². The van der Waals surface area contributed by atoms with Crippen molar-refractivity contribution in [3.63, 3.8) is 0 Å². The van der Waals surface area contributed by atoms with Crippen LogP contribution in [0.25, 0.3) is 0 Å². The first-order valence-electron chi connectivity index (χ1n) is 6.19. The van der Waals surface area contributed by atoms with Gasteiger partial charge < -0.3 is 9.84 Å². The average molecular weight is 248 g/mol. The maximum atomic E-state index is 13.7. The first kappa shape index (κ1) is 12.7. The van der Waals surface area contributed by atoms with Crippen molar-refractivity contribution < 1.29 is 14.2 Å². The van der Waals surface area contributed by atoms with Crippen LogP contribution in [0.4, 0.5) is 4.39 Å². The molecular formula is C12H21FO2S. The van der Waals surface area contributed by atoms with E-state index in [1.165, 1.54) is 6.42 Å². The first-order valence-corrected chi connectivity index (χ1v) is 6.63. The average Bonchev–Trinajstić information content (AvgIpc) is 2.76. The van der Waals surface area contributed by atoms with E-state index in [2.05, 4.69) is 19.6 Å². The van der Waals surface area contributed by atoms with Gasteiger partial charge in [-0.1, -0.05) is 13.8 Å². The number of aliphatic hydroxyl groups is 1. The summed E-state index contributed by atoms with van der Waals surface area (Å²) in [5.41, 5.74) is 0. The molecule has 0 saturated heterocycles. The van der Waals surface area contributed by atoms with Gasteiger partial charge in [-0.05, 0) is 43.4 Å². The van der Waals surface area contributed by atoms with Crippen molar-refractivity contribution in [1.82, 2.24) is 0 Å². The number of thiol groups is 1. The van der Waals surface area contributed by atoms with Crippen LogP contribution in [-0.4, -0.2) is 22.5 Å². The number of hydrogen-bond acceptors (Lipinski definition) is 3. The minimum atomic E-state index is -1.92. The van der Waals surface area contributed by atoms with Crippen LogP contribution in [0.3, 0.4) is 0 Å². The fourth-order valence-corrected chi connectivity index (χ4v) is 3.18. The zero-order valence-electron chi connectivity index (χ0n) is 9.90. The van der Waals surface area contributed by atoms with Gasteiger partial charge in [0.2, 0.25) is 5.00 Å². The van der Waals surface area contributed by atoms with Gasteiger partial charge in [-0.3, -0.25) is 0 Å². The fraction of sp³-hybridized carbons (Fsp3) is 1.00. The van der Waals surface area contributed by atoms with Crippen LogP contribution < -0.4 is 0 Å². The van der Waals surface area contributed by atoms with E-state index >= 15 is 0 Å². The molecule has 2 bridgehead atoms. The molecule has 0 aromatic carbocycles. The predicted molar refractivity (Wildman–Crippen MR) is 64.0 cm³/mol. The Morgan fingerprint density at radius 1 is 1.44 bits per heavy atom. The minimum absolute atomic E-state index is 0.0324. The SMILES string of the molecule is CCC(F)(S)C(O)OC1CC2CC1CC2C. The summed E-state index contributed by atoms with van der Waals surface area (Å²) in [5, 5.41) is 7.73. The summed E-state index contributed by atoms with van der Waals surface area (Å²) >= 11 is 3.80. The van der Waals surface area contributed by atoms with E-state index in [4.69, 9.17) is 4.74 Å². The molecule has 0 aromatic heterocycles. The molecule has 6 unspecified atom stereocenters. The van der Waals surface area contributed by atoms with Gasteiger partial charge >= 0.3 is 0 Å². The molecule has 0 amide bonds. The van der Waals surface area contributed by atoms with E-state index in [-0.39, 0.29) is 12.5 Å². The number of halogens is 1. The van der Waals surface area contributed by atoms with Crippen LogP contribution in [0.5, 0.6) is 0 Å². The molecule has 0 radical (unpaired) electrons. The van der Waals surface area contributed by atoms with Gasteiger partial charge in [0.05, 0.1) is 6.10 Å². The molecule has 0 aliphatic heterocycles. The van der Waals surface area contributed by atoms with Crippen molar-refractivity contribution in [3.8, 4) is 0 Å². The third kappa shape index (κ3) is 2.24. The Bertz CT molecular complexity index is 257. The lowest BCUT2D eigenvalue weighted by Crippen LogP contribution is -2.39. The molecule has 1 N–H and O–H groups in total. The predicted octanol–water partition coefficient (Wildman–Crippen LogP) is 2.76. The van der Waals surface area contributed by atoms with Gasteiger partial charge in [-0.2, -0.15) is 0 Å². The number of fused-ring (bicyclic) bond motifs is 2. The number of hydrogen-bond donors (Lipinski definition) is 2. The van der Waals surface area contributed by atoms with Crippen LogP contribution in [0, 0.1) is 17.8 Å². The van der Waals surface area contributed by atoms with E-state index in [1.807, 2.05) is 0 Å². The molecule has 4 heteroatoms. The van der Waals surface area contributed by atoms with E-state index < -0.39 is 11.3 Å². The molecule has 0 spiro atoms. The van der Waals surface area contributed by atoms with Gasteiger partial charge in [0.15, 0.2) is 6.29 Å². The second-order valence-electron chi connectivity index (χ2n) is 5.40. The number of aliphatic hydroxyl groups excluding tert-OH is 1. The lowest BCUT2D eigenvalue weighted by molar-refractivity contribution is -0.191. The zero-order chi connectivity index (χ0) is 11.9. The van der Waals surface area contributed by atoms with E-state index in [0.717, 1.165) is 18.8 Å². The van der Waals surface area contributed by atoms with Crippen LogP contribution in [0.15, 0.2) is 0 Å². The highest BCUT2D eigenvalue weighted by atomic mass is 32.1. The second-order valence-corrected chi connectivity index (χ2v) is 6.15. The van der Waals surface area contributed by atoms with Crippen molar-refractivity contribution in [1.29, 1.82) is 0 Å². The Morgan fingerprint density at radius 2 is 2.12 bits per heavy atom. The highest BCUT2D eigenvalue weighted by molar-refractivity contribution is 7.81. The summed E-state index contributed by atoms with van der Waals surface area (Å²) in [6, 6.07) is 0. The molecule has 2 fully saturated rings. The summed E-state index contributed by atoms with van der Waals surface area (Å²) in [7, 11) is 0. The zero-order valence-corrected chi connectivity index (χ0v) is 10.8. The van der Waals surface area contributed by atoms with E-state index in [9.17, 15) is 9.50 Å². The topological polar surface area (TPSA) is 29.5 Å². The van der Waals surface area contributed by atoms with Gasteiger partial charge in [0.25, 0.3) is 0 Å². The third-order valence-corrected chi connectivity index (χ3v) is 4.86. The standard InChI is InChI=1S/C12H21FO2S/c1-3-12(13,16)11(14)15-10-6-8-5-9(10)4-7(8)2/h7-11,14,16H,3-6H2,1-2H3. The highest BCUT2D eigenvalue weighted by Gasteiger charge is 2.47. The fourth-order valence-electron chi connectivity index (χ4n) is 3.12. The maximum absolute atomic E-state index is 13.7. The van der Waals surface area contributed by atoms with Crippen LogP contribution >= 0.6 is 12.6 Å². The monoisotopic (exact) mass is 248 g/mol. The molecule has 16 heavy (non-hydrogen) atoms. The molecule has 0 heterocycles. The summed E-state index contributed by atoms with van der Waals surface area (Å²) in [6.45, 7) is 3.92. The van der Waals surface area contributed by atoms with Crippen molar-refractivity contribution in [2.75, 3.05) is 0 Å². The first-order chi connectivity index (χ1) is 7.44. The Morgan fingerprint density at radius 3 is 2.56 bits per heavy atom. The smallest absolute Gasteiger partial charge is 0.203 e. The van der Waals surface area contributed by atoms with Crippen molar-refractivity contribution in [2.24, 2.45) is 17.8 Å². The summed E-state index contributed by atoms with van der Waals surface area (Å²) in [4.78, 5) is 0. The van der Waals surface area contributed by atoms with Crippen LogP contribution in [0.1, 0.15) is 39.5 Å². The highest BCUT2D eigenvalue weighted by Crippen LogP contribution is 2.50. The summed E-state index contributed by atoms with van der Waals surface area (Å²) < 4.78 is 19.1. The maximum Gasteiger partial charge on any atom is 0.203 e. The normalized spacial score (nSPS) is 43.3. The molecule has 0 aromatic rings. The largest absolute Gasteiger partial charge is 0.365 e. The van der Waals surface area contributed by atoms with Gasteiger partial charge in [0.1, 0.15) is 0 Å². The number of alkyl halides is 1. The van der Waals surface area contributed by atoms with Gasteiger partial charge in [-0.15, -0.1) is 12.6 Å². The minimum Gasteiger partial charge on any atom is -0.365 e. The Labute approximate surface area is 102 Å². The molecular weight excluding hydrogens is 227 g/mol. The summed E-state index contributed by atoms with van der Waals surface area (Å²) in [6.07, 6.45) is 2.08. The molecule has 94 valence electrons. The second kappa shape index (κ2) is 4.46. The Hall–Kier alpha value is 0.200. The van der Waals surface area contributed by atoms with Crippen molar-refractivity contribution in [3.05, 3.63) is 0 Å². The van der Waals surface area contributed by atoms with Gasteiger partial charge in [-0.25, -0.2) is 4.39 Å². The molecule has 2 rings (SSSR count). The molecule has 6 atom stereocenters.